The predicted molar refractivity (Wildman–Crippen MR) is 52.1 cm³/mol. The summed E-state index contributed by atoms with van der Waals surface area (Å²) in [5.41, 5.74) is 7.46. The van der Waals surface area contributed by atoms with Crippen LogP contribution in [0.4, 0.5) is 0 Å². The van der Waals surface area contributed by atoms with Crippen LogP contribution in [0.25, 0.3) is 0 Å². The Morgan fingerprint density at radius 1 is 1.50 bits per heavy atom. The lowest BCUT2D eigenvalue weighted by Crippen LogP contribution is -2.10. The molecular weight excluding hydrogens is 180 g/mol. The highest BCUT2D eigenvalue weighted by Crippen LogP contribution is 2.27. The highest BCUT2D eigenvalue weighted by Gasteiger charge is 2.13. The maximum absolute atomic E-state index is 7.12. The molecule has 3 N–H and O–H groups in total. The molecule has 1 aromatic carbocycles. The Labute approximate surface area is 82.1 Å². The van der Waals surface area contributed by atoms with Crippen molar-refractivity contribution in [2.45, 2.75) is 19.4 Å². The molecular formula is C10H12N2O2. The maximum Gasteiger partial charge on any atom is 0.171 e. The molecule has 74 valence electrons. The van der Waals surface area contributed by atoms with Gasteiger partial charge in [0, 0.05) is 12.0 Å². The molecule has 14 heavy (non-hydrogen) atoms. The number of benzene rings is 1. The third kappa shape index (κ3) is 1.85. The molecule has 0 fully saturated rings. The van der Waals surface area contributed by atoms with E-state index >= 15 is 0 Å². The van der Waals surface area contributed by atoms with Crippen molar-refractivity contribution in [1.82, 2.24) is 0 Å². The zero-order valence-corrected chi connectivity index (χ0v) is 7.75. The summed E-state index contributed by atoms with van der Waals surface area (Å²) in [6, 6.07) is 5.93. The Bertz CT molecular complexity index is 363. The van der Waals surface area contributed by atoms with Crippen molar-refractivity contribution < 1.29 is 9.78 Å². The van der Waals surface area contributed by atoms with Crippen LogP contribution in [0.5, 0.6) is 5.75 Å². The van der Waals surface area contributed by atoms with E-state index in [4.69, 9.17) is 20.9 Å². The van der Waals surface area contributed by atoms with Gasteiger partial charge in [-0.25, -0.2) is 0 Å². The van der Waals surface area contributed by atoms with E-state index in [1.165, 1.54) is 0 Å². The third-order valence-corrected chi connectivity index (χ3v) is 2.18. The topological polar surface area (TPSA) is 68.3 Å². The quantitative estimate of drug-likeness (QED) is 0.432. The van der Waals surface area contributed by atoms with Crippen LogP contribution in [-0.2, 0) is 17.9 Å². The van der Waals surface area contributed by atoms with Crippen LogP contribution in [0.3, 0.4) is 0 Å². The Morgan fingerprint density at radius 2 is 2.36 bits per heavy atom. The number of fused-ring (bicyclic) bond motifs is 1. The lowest BCUT2D eigenvalue weighted by atomic mass is 10.1. The van der Waals surface area contributed by atoms with Gasteiger partial charge >= 0.3 is 0 Å². The third-order valence-electron chi connectivity index (χ3n) is 2.18. The number of amidine groups is 1. The van der Waals surface area contributed by atoms with E-state index in [0.717, 1.165) is 23.3 Å². The molecule has 0 spiro atoms. The molecule has 1 heterocycles. The number of hydrogen-bond acceptors (Lipinski definition) is 3. The molecule has 4 heteroatoms. The minimum Gasteiger partial charge on any atom is -0.388 e. The number of aryl methyl sites for hydroxylation is 1. The van der Waals surface area contributed by atoms with Gasteiger partial charge in [-0.3, -0.25) is 5.41 Å². The highest BCUT2D eigenvalue weighted by atomic mass is 17.2. The molecule has 1 aromatic rings. The number of rotatable bonds is 3. The van der Waals surface area contributed by atoms with Crippen LogP contribution in [0, 0.1) is 5.41 Å². The van der Waals surface area contributed by atoms with Gasteiger partial charge in [-0.1, -0.05) is 12.1 Å². The summed E-state index contributed by atoms with van der Waals surface area (Å²) < 4.78 is 0. The molecule has 1 aliphatic rings. The first kappa shape index (κ1) is 9.02. The molecule has 1 aliphatic heterocycles. The molecule has 0 aliphatic carbocycles. The van der Waals surface area contributed by atoms with Gasteiger partial charge in [0.15, 0.2) is 5.75 Å². The Hall–Kier alpha value is -1.55. The van der Waals surface area contributed by atoms with E-state index in [0.29, 0.717) is 13.0 Å². The van der Waals surface area contributed by atoms with E-state index in [1.54, 1.807) is 0 Å². The Morgan fingerprint density at radius 3 is 3.14 bits per heavy atom. The van der Waals surface area contributed by atoms with Crippen molar-refractivity contribution in [3.8, 4) is 5.75 Å². The zero-order chi connectivity index (χ0) is 9.97. The second kappa shape index (κ2) is 3.67. The van der Waals surface area contributed by atoms with E-state index in [9.17, 15) is 0 Å². The fraction of sp³-hybridized carbons (Fsp3) is 0.300. The van der Waals surface area contributed by atoms with E-state index in [-0.39, 0.29) is 5.84 Å². The van der Waals surface area contributed by atoms with Gasteiger partial charge in [-0.05, 0) is 18.1 Å². The van der Waals surface area contributed by atoms with Crippen molar-refractivity contribution in [3.05, 3.63) is 29.3 Å². The van der Waals surface area contributed by atoms with Crippen LogP contribution >= 0.6 is 0 Å². The minimum absolute atomic E-state index is 0.211. The average molecular weight is 192 g/mol. The number of nitrogens with two attached hydrogens (primary N) is 1. The second-order valence-corrected chi connectivity index (χ2v) is 3.31. The molecule has 2 rings (SSSR count). The number of nitrogens with one attached hydrogen (secondary N) is 1. The van der Waals surface area contributed by atoms with Gasteiger partial charge in [-0.15, -0.1) is 0 Å². The molecule has 4 nitrogen and oxygen atoms in total. The molecule has 0 unspecified atom stereocenters. The summed E-state index contributed by atoms with van der Waals surface area (Å²) in [5, 5.41) is 7.12. The van der Waals surface area contributed by atoms with E-state index < -0.39 is 0 Å². The lowest BCUT2D eigenvalue weighted by molar-refractivity contribution is -0.194. The van der Waals surface area contributed by atoms with E-state index in [1.807, 2.05) is 18.2 Å². The van der Waals surface area contributed by atoms with Crippen LogP contribution < -0.4 is 10.6 Å². The lowest BCUT2D eigenvalue weighted by Gasteiger charge is -2.01. The minimum atomic E-state index is 0.211. The molecule has 0 saturated carbocycles. The average Bonchev–Trinajstić information content (AvgIpc) is 2.61. The first-order chi connectivity index (χ1) is 6.75. The number of hydrogen-bond donors (Lipinski definition) is 2. The van der Waals surface area contributed by atoms with Gasteiger partial charge in [0.1, 0.15) is 6.61 Å². The summed E-state index contributed by atoms with van der Waals surface area (Å²) in [6.07, 6.45) is 1.35. The first-order valence-electron chi connectivity index (χ1n) is 4.50. The molecule has 0 bridgehead atoms. The van der Waals surface area contributed by atoms with Crippen molar-refractivity contribution in [1.29, 1.82) is 5.41 Å². The molecule has 0 saturated heterocycles. The summed E-state index contributed by atoms with van der Waals surface area (Å²) in [7, 11) is 0. The molecule has 0 amide bonds. The van der Waals surface area contributed by atoms with Gasteiger partial charge in [-0.2, -0.15) is 4.89 Å². The molecule has 0 atom stereocenters. The summed E-state index contributed by atoms with van der Waals surface area (Å²) in [4.78, 5) is 9.79. The maximum atomic E-state index is 7.12. The van der Waals surface area contributed by atoms with E-state index in [2.05, 4.69) is 0 Å². The fourth-order valence-electron chi connectivity index (χ4n) is 1.39. The normalized spacial score (nSPS) is 13.4. The van der Waals surface area contributed by atoms with Crippen molar-refractivity contribution in [2.75, 3.05) is 0 Å². The Kier molecular flexibility index (Phi) is 2.37. The summed E-state index contributed by atoms with van der Waals surface area (Å²) >= 11 is 0. The monoisotopic (exact) mass is 192 g/mol. The van der Waals surface area contributed by atoms with Gasteiger partial charge in [0.25, 0.3) is 0 Å². The van der Waals surface area contributed by atoms with Crippen LogP contribution in [0.2, 0.25) is 0 Å². The second-order valence-electron chi connectivity index (χ2n) is 3.31. The first-order valence-corrected chi connectivity index (χ1v) is 4.50. The van der Waals surface area contributed by atoms with Crippen molar-refractivity contribution >= 4 is 5.84 Å². The van der Waals surface area contributed by atoms with Crippen LogP contribution in [0.15, 0.2) is 18.2 Å². The SMILES string of the molecule is N=C(N)CCc1ccc2c(c1)OOC2. The Balaban J connectivity index is 2.09. The van der Waals surface area contributed by atoms with Crippen LogP contribution in [0.1, 0.15) is 17.5 Å². The summed E-state index contributed by atoms with van der Waals surface area (Å²) in [5.74, 6) is 0.994. The fourth-order valence-corrected chi connectivity index (χ4v) is 1.39. The largest absolute Gasteiger partial charge is 0.388 e. The molecule has 0 radical (unpaired) electrons. The van der Waals surface area contributed by atoms with Crippen molar-refractivity contribution in [3.63, 3.8) is 0 Å². The summed E-state index contributed by atoms with van der Waals surface area (Å²) in [6.45, 7) is 0.516. The van der Waals surface area contributed by atoms with Gasteiger partial charge in [0.2, 0.25) is 0 Å². The smallest absolute Gasteiger partial charge is 0.171 e. The predicted octanol–water partition coefficient (Wildman–Crippen LogP) is 1.38. The van der Waals surface area contributed by atoms with Gasteiger partial charge < -0.3 is 10.6 Å². The van der Waals surface area contributed by atoms with Crippen molar-refractivity contribution in [2.24, 2.45) is 5.73 Å². The van der Waals surface area contributed by atoms with Crippen LogP contribution in [-0.4, -0.2) is 5.84 Å². The standard InChI is InChI=1S/C10H12N2O2/c11-10(12)4-2-7-1-3-8-6-13-14-9(8)5-7/h1,3,5H,2,4,6H2,(H3,11,12). The highest BCUT2D eigenvalue weighted by molar-refractivity contribution is 5.77. The zero-order valence-electron chi connectivity index (χ0n) is 7.75. The molecule has 0 aromatic heterocycles. The van der Waals surface area contributed by atoms with Gasteiger partial charge in [0.05, 0.1) is 5.84 Å².